The molecule has 5 nitrogen and oxygen atoms in total. The zero-order valence-corrected chi connectivity index (χ0v) is 10.6. The summed E-state index contributed by atoms with van der Waals surface area (Å²) in [6.45, 7) is 4.54. The van der Waals surface area contributed by atoms with Gasteiger partial charge < -0.3 is 15.0 Å². The number of carbonyl (C=O) groups excluding carboxylic acids is 1. The zero-order valence-electron chi connectivity index (χ0n) is 10.6. The molecule has 0 spiro atoms. The topological polar surface area (TPSA) is 65.4 Å². The molecule has 1 heterocycles. The van der Waals surface area contributed by atoms with Gasteiger partial charge in [0.15, 0.2) is 0 Å². The molecule has 0 aromatic carbocycles. The molecule has 2 unspecified atom stereocenters. The SMILES string of the molecule is COCCN(CCC#N)C(=O)C1NCCC1C. The Bertz CT molecular complexity index is 288. The molecule has 0 bridgehead atoms. The molecule has 1 fully saturated rings. The van der Waals surface area contributed by atoms with Crippen molar-refractivity contribution in [1.29, 1.82) is 5.26 Å². The molecule has 0 aromatic rings. The minimum Gasteiger partial charge on any atom is -0.383 e. The van der Waals surface area contributed by atoms with E-state index < -0.39 is 0 Å². The summed E-state index contributed by atoms with van der Waals surface area (Å²) in [5.74, 6) is 0.469. The van der Waals surface area contributed by atoms with Gasteiger partial charge in [0.2, 0.25) is 5.91 Å². The number of nitriles is 1. The summed E-state index contributed by atoms with van der Waals surface area (Å²) in [4.78, 5) is 14.0. The van der Waals surface area contributed by atoms with Crippen LogP contribution in [-0.4, -0.2) is 50.2 Å². The molecular weight excluding hydrogens is 218 g/mol. The van der Waals surface area contributed by atoms with Crippen LogP contribution in [0.3, 0.4) is 0 Å². The molecule has 1 N–H and O–H groups in total. The highest BCUT2D eigenvalue weighted by atomic mass is 16.5. The van der Waals surface area contributed by atoms with Crippen LogP contribution < -0.4 is 5.32 Å². The number of carbonyl (C=O) groups is 1. The van der Waals surface area contributed by atoms with E-state index in [1.807, 2.05) is 0 Å². The fourth-order valence-corrected chi connectivity index (χ4v) is 2.08. The Morgan fingerprint density at radius 3 is 2.88 bits per heavy atom. The zero-order chi connectivity index (χ0) is 12.7. The second-order valence-corrected chi connectivity index (χ2v) is 4.42. The number of rotatable bonds is 6. The smallest absolute Gasteiger partial charge is 0.240 e. The van der Waals surface area contributed by atoms with Crippen molar-refractivity contribution < 1.29 is 9.53 Å². The van der Waals surface area contributed by atoms with Gasteiger partial charge in [0.1, 0.15) is 0 Å². The Morgan fingerprint density at radius 1 is 1.59 bits per heavy atom. The third-order valence-electron chi connectivity index (χ3n) is 3.17. The van der Waals surface area contributed by atoms with Crippen LogP contribution in [0.1, 0.15) is 19.8 Å². The van der Waals surface area contributed by atoms with E-state index in [2.05, 4.69) is 18.3 Å². The lowest BCUT2D eigenvalue weighted by Gasteiger charge is -2.26. The van der Waals surface area contributed by atoms with Gasteiger partial charge in [-0.3, -0.25) is 4.79 Å². The first kappa shape index (κ1) is 13.9. The maximum absolute atomic E-state index is 12.3. The number of nitrogens with one attached hydrogen (secondary N) is 1. The maximum atomic E-state index is 12.3. The highest BCUT2D eigenvalue weighted by Gasteiger charge is 2.32. The molecule has 1 aliphatic rings. The Hall–Kier alpha value is -1.12. The van der Waals surface area contributed by atoms with E-state index in [4.69, 9.17) is 10.00 Å². The van der Waals surface area contributed by atoms with E-state index in [0.717, 1.165) is 13.0 Å². The fraction of sp³-hybridized carbons (Fsp3) is 0.833. The van der Waals surface area contributed by atoms with Crippen LogP contribution in [0.15, 0.2) is 0 Å². The van der Waals surface area contributed by atoms with Crippen LogP contribution in [-0.2, 0) is 9.53 Å². The van der Waals surface area contributed by atoms with Crippen LogP contribution in [0.5, 0.6) is 0 Å². The van der Waals surface area contributed by atoms with E-state index in [9.17, 15) is 4.79 Å². The largest absolute Gasteiger partial charge is 0.383 e. The Kier molecular flexibility index (Phi) is 5.95. The quantitative estimate of drug-likeness (QED) is 0.727. The number of nitrogens with zero attached hydrogens (tertiary/aromatic N) is 2. The summed E-state index contributed by atoms with van der Waals surface area (Å²) < 4.78 is 4.99. The molecule has 1 rings (SSSR count). The fourth-order valence-electron chi connectivity index (χ4n) is 2.08. The van der Waals surface area contributed by atoms with Crippen molar-refractivity contribution in [2.45, 2.75) is 25.8 Å². The standard InChI is InChI=1S/C12H21N3O2/c1-10-4-6-14-11(10)12(16)15(7-3-5-13)8-9-17-2/h10-11,14H,3-4,6-9H2,1-2H3. The first-order valence-corrected chi connectivity index (χ1v) is 6.08. The summed E-state index contributed by atoms with van der Waals surface area (Å²) in [6.07, 6.45) is 1.41. The van der Waals surface area contributed by atoms with Gasteiger partial charge in [0.25, 0.3) is 0 Å². The molecule has 0 radical (unpaired) electrons. The Balaban J connectivity index is 2.54. The first-order valence-electron chi connectivity index (χ1n) is 6.08. The summed E-state index contributed by atoms with van der Waals surface area (Å²) >= 11 is 0. The van der Waals surface area contributed by atoms with Crippen molar-refractivity contribution in [1.82, 2.24) is 10.2 Å². The van der Waals surface area contributed by atoms with Gasteiger partial charge in [-0.05, 0) is 18.9 Å². The highest BCUT2D eigenvalue weighted by Crippen LogP contribution is 2.16. The van der Waals surface area contributed by atoms with Crippen molar-refractivity contribution >= 4 is 5.91 Å². The third-order valence-corrected chi connectivity index (χ3v) is 3.17. The summed E-state index contributed by atoms with van der Waals surface area (Å²) in [5.41, 5.74) is 0. The maximum Gasteiger partial charge on any atom is 0.240 e. The van der Waals surface area contributed by atoms with E-state index in [-0.39, 0.29) is 11.9 Å². The monoisotopic (exact) mass is 239 g/mol. The Morgan fingerprint density at radius 2 is 2.35 bits per heavy atom. The molecule has 0 aromatic heterocycles. The van der Waals surface area contributed by atoms with E-state index in [0.29, 0.717) is 32.0 Å². The third kappa shape index (κ3) is 3.99. The predicted octanol–water partition coefficient (Wildman–Crippen LogP) is 0.373. The molecule has 17 heavy (non-hydrogen) atoms. The van der Waals surface area contributed by atoms with Crippen LogP contribution in [0.4, 0.5) is 0 Å². The number of hydrogen-bond donors (Lipinski definition) is 1. The lowest BCUT2D eigenvalue weighted by atomic mass is 10.0. The van der Waals surface area contributed by atoms with E-state index in [1.165, 1.54) is 0 Å². The molecule has 2 atom stereocenters. The van der Waals surface area contributed by atoms with E-state index in [1.54, 1.807) is 12.0 Å². The Labute approximate surface area is 103 Å². The minimum atomic E-state index is -0.0921. The number of hydrogen-bond acceptors (Lipinski definition) is 4. The minimum absolute atomic E-state index is 0.0921. The van der Waals surface area contributed by atoms with Gasteiger partial charge in [0.05, 0.1) is 25.1 Å². The van der Waals surface area contributed by atoms with Crippen LogP contribution in [0, 0.1) is 17.2 Å². The molecule has 1 amide bonds. The number of amides is 1. The summed E-state index contributed by atoms with van der Waals surface area (Å²) in [7, 11) is 1.61. The molecule has 1 saturated heterocycles. The average molecular weight is 239 g/mol. The molecule has 5 heteroatoms. The van der Waals surface area contributed by atoms with Gasteiger partial charge in [-0.1, -0.05) is 6.92 Å². The number of ether oxygens (including phenoxy) is 1. The van der Waals surface area contributed by atoms with Gasteiger partial charge >= 0.3 is 0 Å². The summed E-state index contributed by atoms with van der Waals surface area (Å²) in [5, 5.41) is 11.8. The predicted molar refractivity (Wildman–Crippen MR) is 64.3 cm³/mol. The molecule has 1 aliphatic heterocycles. The molecular formula is C12H21N3O2. The molecule has 0 saturated carbocycles. The van der Waals surface area contributed by atoms with Crippen LogP contribution >= 0.6 is 0 Å². The lowest BCUT2D eigenvalue weighted by molar-refractivity contribution is -0.134. The van der Waals surface area contributed by atoms with Crippen molar-refractivity contribution in [3.8, 4) is 6.07 Å². The molecule has 96 valence electrons. The van der Waals surface area contributed by atoms with Crippen molar-refractivity contribution in [3.63, 3.8) is 0 Å². The van der Waals surface area contributed by atoms with Crippen molar-refractivity contribution in [3.05, 3.63) is 0 Å². The van der Waals surface area contributed by atoms with E-state index >= 15 is 0 Å². The second-order valence-electron chi connectivity index (χ2n) is 4.42. The van der Waals surface area contributed by atoms with Crippen LogP contribution in [0.2, 0.25) is 0 Å². The lowest BCUT2D eigenvalue weighted by Crippen LogP contribution is -2.47. The van der Waals surface area contributed by atoms with Gasteiger partial charge in [-0.15, -0.1) is 0 Å². The first-order chi connectivity index (χ1) is 8.20. The van der Waals surface area contributed by atoms with Crippen molar-refractivity contribution in [2.75, 3.05) is 33.4 Å². The van der Waals surface area contributed by atoms with Gasteiger partial charge in [-0.2, -0.15) is 5.26 Å². The highest BCUT2D eigenvalue weighted by molar-refractivity contribution is 5.82. The molecule has 0 aliphatic carbocycles. The summed E-state index contributed by atoms with van der Waals surface area (Å²) in [6, 6.07) is 1.98. The number of methoxy groups -OCH3 is 1. The average Bonchev–Trinajstić information content (AvgIpc) is 2.75. The normalized spacial score (nSPS) is 23.4. The second kappa shape index (κ2) is 7.25. The van der Waals surface area contributed by atoms with Crippen LogP contribution in [0.25, 0.3) is 0 Å². The van der Waals surface area contributed by atoms with Gasteiger partial charge in [-0.25, -0.2) is 0 Å². The van der Waals surface area contributed by atoms with Gasteiger partial charge in [0, 0.05) is 20.2 Å². The van der Waals surface area contributed by atoms with Crippen molar-refractivity contribution in [2.24, 2.45) is 5.92 Å².